The van der Waals surface area contributed by atoms with Gasteiger partial charge in [0.15, 0.2) is 0 Å². The molecule has 0 aromatic heterocycles. The highest BCUT2D eigenvalue weighted by molar-refractivity contribution is 5.42. The summed E-state index contributed by atoms with van der Waals surface area (Å²) in [6.45, 7) is 11.5. The molecule has 0 fully saturated rings. The third kappa shape index (κ3) is 2.75. The number of hydrogen-bond acceptors (Lipinski definition) is 1. The molecule has 0 heterocycles. The third-order valence-electron chi connectivity index (χ3n) is 1.92. The molecule has 1 atom stereocenters. The van der Waals surface area contributed by atoms with Crippen LogP contribution in [-0.4, -0.2) is 0 Å². The Bertz CT molecular complexity index is 240. The highest BCUT2D eigenvalue weighted by atomic mass is 14.3. The second-order valence-corrected chi connectivity index (χ2v) is 2.76. The molecule has 0 saturated heterocycles. The number of rotatable bonds is 4. The summed E-state index contributed by atoms with van der Waals surface area (Å²) in [5, 5.41) is 8.65. The van der Waals surface area contributed by atoms with Gasteiger partial charge in [0, 0.05) is 5.57 Å². The maximum absolute atomic E-state index is 8.65. The van der Waals surface area contributed by atoms with E-state index in [9.17, 15) is 0 Å². The molecule has 1 nitrogen and oxygen atoms in total. The van der Waals surface area contributed by atoms with Crippen molar-refractivity contribution in [3.63, 3.8) is 0 Å². The van der Waals surface area contributed by atoms with E-state index in [-0.39, 0.29) is 0 Å². The van der Waals surface area contributed by atoms with Crippen LogP contribution in [0.25, 0.3) is 0 Å². The summed E-state index contributed by atoms with van der Waals surface area (Å²) in [4.78, 5) is 0. The van der Waals surface area contributed by atoms with E-state index >= 15 is 0 Å². The Morgan fingerprint density at radius 1 is 1.67 bits per heavy atom. The van der Waals surface area contributed by atoms with Crippen molar-refractivity contribution < 1.29 is 0 Å². The van der Waals surface area contributed by atoms with Gasteiger partial charge in [0.25, 0.3) is 0 Å². The molecule has 0 rings (SSSR count). The van der Waals surface area contributed by atoms with Crippen LogP contribution in [0.4, 0.5) is 0 Å². The Labute approximate surface area is 74.7 Å². The zero-order chi connectivity index (χ0) is 9.56. The van der Waals surface area contributed by atoms with Gasteiger partial charge in [-0.1, -0.05) is 39.2 Å². The predicted octanol–water partition coefficient (Wildman–Crippen LogP) is 3.22. The van der Waals surface area contributed by atoms with Gasteiger partial charge in [-0.2, -0.15) is 5.26 Å². The lowest BCUT2D eigenvalue weighted by Crippen LogP contribution is -1.98. The van der Waals surface area contributed by atoms with Crippen molar-refractivity contribution in [1.82, 2.24) is 0 Å². The summed E-state index contributed by atoms with van der Waals surface area (Å²) in [5.74, 6) is 0.384. The number of allylic oxidation sites excluding steroid dienone is 4. The standard InChI is InChI=1S/C11H15N/c1-5-7-11(9(3)6-2)10(4)8-12/h5,7,9H,1,4,6H2,2-3H3/b11-7-. The van der Waals surface area contributed by atoms with Crippen molar-refractivity contribution in [3.05, 3.63) is 36.5 Å². The summed E-state index contributed by atoms with van der Waals surface area (Å²) in [6.07, 6.45) is 4.57. The molecule has 0 spiro atoms. The fourth-order valence-corrected chi connectivity index (χ4v) is 0.974. The molecule has 12 heavy (non-hydrogen) atoms. The zero-order valence-electron chi connectivity index (χ0n) is 7.80. The first kappa shape index (κ1) is 10.7. The van der Waals surface area contributed by atoms with Crippen molar-refractivity contribution in [3.8, 4) is 6.07 Å². The largest absolute Gasteiger partial charge is 0.192 e. The molecular weight excluding hydrogens is 146 g/mol. The molecule has 0 aliphatic heterocycles. The van der Waals surface area contributed by atoms with Crippen LogP contribution in [0.3, 0.4) is 0 Å². The first-order valence-electron chi connectivity index (χ1n) is 4.09. The molecule has 1 unspecified atom stereocenters. The number of nitriles is 1. The average Bonchev–Trinajstić information content (AvgIpc) is 2.11. The summed E-state index contributed by atoms with van der Waals surface area (Å²) in [6, 6.07) is 2.05. The summed E-state index contributed by atoms with van der Waals surface area (Å²) >= 11 is 0. The van der Waals surface area contributed by atoms with E-state index in [4.69, 9.17) is 5.26 Å². The van der Waals surface area contributed by atoms with Crippen molar-refractivity contribution in [2.45, 2.75) is 20.3 Å². The Hall–Kier alpha value is -1.29. The Morgan fingerprint density at radius 3 is 2.58 bits per heavy atom. The van der Waals surface area contributed by atoms with Crippen LogP contribution in [0, 0.1) is 17.2 Å². The van der Waals surface area contributed by atoms with Crippen molar-refractivity contribution >= 4 is 0 Å². The highest BCUT2D eigenvalue weighted by Gasteiger charge is 2.08. The van der Waals surface area contributed by atoms with Crippen LogP contribution >= 0.6 is 0 Å². The normalized spacial score (nSPS) is 13.2. The first-order chi connectivity index (χ1) is 5.67. The van der Waals surface area contributed by atoms with E-state index in [2.05, 4.69) is 33.1 Å². The molecule has 64 valence electrons. The Balaban J connectivity index is 4.69. The van der Waals surface area contributed by atoms with Gasteiger partial charge in [0.1, 0.15) is 0 Å². The summed E-state index contributed by atoms with van der Waals surface area (Å²) < 4.78 is 0. The molecule has 0 aliphatic carbocycles. The van der Waals surface area contributed by atoms with Crippen molar-refractivity contribution in [2.24, 2.45) is 5.92 Å². The van der Waals surface area contributed by atoms with Crippen LogP contribution < -0.4 is 0 Å². The molecule has 0 aliphatic rings. The molecule has 0 saturated carbocycles. The summed E-state index contributed by atoms with van der Waals surface area (Å²) in [5.41, 5.74) is 1.54. The predicted molar refractivity (Wildman–Crippen MR) is 52.5 cm³/mol. The molecule has 0 aromatic carbocycles. The lowest BCUT2D eigenvalue weighted by molar-refractivity contribution is 0.666. The van der Waals surface area contributed by atoms with Gasteiger partial charge in [-0.15, -0.1) is 0 Å². The maximum atomic E-state index is 8.65. The third-order valence-corrected chi connectivity index (χ3v) is 1.92. The topological polar surface area (TPSA) is 23.8 Å². The van der Waals surface area contributed by atoms with E-state index in [1.54, 1.807) is 6.08 Å². The van der Waals surface area contributed by atoms with E-state index < -0.39 is 0 Å². The van der Waals surface area contributed by atoms with Crippen LogP contribution in [0.15, 0.2) is 36.5 Å². The van der Waals surface area contributed by atoms with Gasteiger partial charge in [-0.25, -0.2) is 0 Å². The van der Waals surface area contributed by atoms with Crippen LogP contribution in [0.2, 0.25) is 0 Å². The van der Waals surface area contributed by atoms with Gasteiger partial charge in [0.05, 0.1) is 6.07 Å². The van der Waals surface area contributed by atoms with Gasteiger partial charge in [-0.3, -0.25) is 0 Å². The van der Waals surface area contributed by atoms with Crippen molar-refractivity contribution in [1.29, 1.82) is 5.26 Å². The molecular formula is C11H15N. The van der Waals surface area contributed by atoms with Crippen molar-refractivity contribution in [2.75, 3.05) is 0 Å². The molecule has 0 bridgehead atoms. The Kier molecular flexibility index (Phi) is 4.79. The minimum Gasteiger partial charge on any atom is -0.192 e. The second-order valence-electron chi connectivity index (χ2n) is 2.76. The van der Waals surface area contributed by atoms with Gasteiger partial charge < -0.3 is 0 Å². The highest BCUT2D eigenvalue weighted by Crippen LogP contribution is 2.20. The molecule has 0 radical (unpaired) electrons. The van der Waals surface area contributed by atoms with Gasteiger partial charge in [0.2, 0.25) is 0 Å². The number of nitrogens with zero attached hydrogens (tertiary/aromatic N) is 1. The molecule has 0 amide bonds. The van der Waals surface area contributed by atoms with E-state index in [0.29, 0.717) is 11.5 Å². The number of hydrogen-bond donors (Lipinski definition) is 0. The zero-order valence-corrected chi connectivity index (χ0v) is 7.80. The second kappa shape index (κ2) is 5.37. The minimum atomic E-state index is 0.384. The van der Waals surface area contributed by atoms with E-state index in [1.165, 1.54) is 0 Å². The Morgan fingerprint density at radius 2 is 2.25 bits per heavy atom. The minimum absolute atomic E-state index is 0.384. The van der Waals surface area contributed by atoms with Crippen LogP contribution in [0.5, 0.6) is 0 Å². The SMILES string of the molecule is C=C/C=C(\C(=C)C#N)C(C)CC. The van der Waals surface area contributed by atoms with Gasteiger partial charge in [-0.05, 0) is 17.9 Å². The van der Waals surface area contributed by atoms with Crippen LogP contribution in [-0.2, 0) is 0 Å². The maximum Gasteiger partial charge on any atom is 0.0988 e. The molecule has 1 heteroatoms. The lowest BCUT2D eigenvalue weighted by Gasteiger charge is -2.11. The summed E-state index contributed by atoms with van der Waals surface area (Å²) in [7, 11) is 0. The molecule has 0 N–H and O–H groups in total. The first-order valence-corrected chi connectivity index (χ1v) is 4.09. The molecule has 0 aromatic rings. The quantitative estimate of drug-likeness (QED) is 0.458. The smallest absolute Gasteiger partial charge is 0.0988 e. The van der Waals surface area contributed by atoms with Crippen LogP contribution in [0.1, 0.15) is 20.3 Å². The average molecular weight is 161 g/mol. The van der Waals surface area contributed by atoms with E-state index in [0.717, 1.165) is 12.0 Å². The van der Waals surface area contributed by atoms with Gasteiger partial charge >= 0.3 is 0 Å². The monoisotopic (exact) mass is 161 g/mol. The fourth-order valence-electron chi connectivity index (χ4n) is 0.974. The lowest BCUT2D eigenvalue weighted by atomic mass is 9.93. The fraction of sp³-hybridized carbons (Fsp3) is 0.364. The van der Waals surface area contributed by atoms with E-state index in [1.807, 2.05) is 6.08 Å².